The van der Waals surface area contributed by atoms with E-state index in [1.54, 1.807) is 41.8 Å². The quantitative estimate of drug-likeness (QED) is 0.514. The van der Waals surface area contributed by atoms with Gasteiger partial charge in [-0.1, -0.05) is 6.07 Å². The lowest BCUT2D eigenvalue weighted by molar-refractivity contribution is -0.116. The largest absolute Gasteiger partial charge is 0.332 e. The van der Waals surface area contributed by atoms with Crippen LogP contribution in [0, 0.1) is 0 Å². The van der Waals surface area contributed by atoms with E-state index in [-0.39, 0.29) is 23.1 Å². The highest BCUT2D eigenvalue weighted by Crippen LogP contribution is 2.23. The number of amides is 2. The molecule has 3 aromatic rings. The third-order valence-electron chi connectivity index (χ3n) is 3.89. The highest BCUT2D eigenvalue weighted by Gasteiger charge is 2.10. The first-order valence-corrected chi connectivity index (χ1v) is 11.7. The number of thiazole rings is 1. The van der Waals surface area contributed by atoms with Gasteiger partial charge < -0.3 is 16.0 Å². The van der Waals surface area contributed by atoms with Crippen molar-refractivity contribution in [3.8, 4) is 0 Å². The zero-order valence-corrected chi connectivity index (χ0v) is 17.9. The lowest BCUT2D eigenvalue weighted by atomic mass is 10.2. The standard InChI is InChI=1S/C20H20N4O4S2/c1-13(25)21-15-4-3-5-16(10-15)22-19(26)11-17-12-29-20(24-17)23-14-6-8-18(9-7-14)30(2,27)28/h3-10,12H,11H2,1-2H3,(H,21,25)(H,22,26)(H,23,24). The molecule has 3 rings (SSSR count). The molecule has 0 spiro atoms. The summed E-state index contributed by atoms with van der Waals surface area (Å²) >= 11 is 1.34. The second-order valence-electron chi connectivity index (χ2n) is 6.55. The van der Waals surface area contributed by atoms with Crippen LogP contribution in [0.25, 0.3) is 0 Å². The number of carbonyl (C=O) groups excluding carboxylic acids is 2. The molecule has 2 aromatic carbocycles. The van der Waals surface area contributed by atoms with Crippen molar-refractivity contribution in [1.29, 1.82) is 0 Å². The van der Waals surface area contributed by atoms with Crippen molar-refractivity contribution in [2.45, 2.75) is 18.2 Å². The minimum atomic E-state index is -3.24. The number of hydrogen-bond donors (Lipinski definition) is 3. The van der Waals surface area contributed by atoms with Crippen LogP contribution in [0.2, 0.25) is 0 Å². The van der Waals surface area contributed by atoms with Gasteiger partial charge in [0.1, 0.15) is 0 Å². The first-order valence-electron chi connectivity index (χ1n) is 8.88. The number of nitrogens with one attached hydrogen (secondary N) is 3. The van der Waals surface area contributed by atoms with Crippen molar-refractivity contribution in [2.75, 3.05) is 22.2 Å². The van der Waals surface area contributed by atoms with Crippen molar-refractivity contribution in [2.24, 2.45) is 0 Å². The van der Waals surface area contributed by atoms with Gasteiger partial charge in [0.05, 0.1) is 17.0 Å². The third-order valence-corrected chi connectivity index (χ3v) is 5.83. The molecule has 156 valence electrons. The molecule has 0 unspecified atom stereocenters. The first-order chi connectivity index (χ1) is 14.2. The second-order valence-corrected chi connectivity index (χ2v) is 9.43. The maximum Gasteiger partial charge on any atom is 0.230 e. The Kier molecular flexibility index (Phi) is 6.48. The Balaban J connectivity index is 1.58. The molecule has 1 heterocycles. The molecular weight excluding hydrogens is 424 g/mol. The van der Waals surface area contributed by atoms with E-state index in [1.165, 1.54) is 30.4 Å². The van der Waals surface area contributed by atoms with Gasteiger partial charge in [-0.2, -0.15) is 0 Å². The van der Waals surface area contributed by atoms with Gasteiger partial charge in [0.15, 0.2) is 15.0 Å². The highest BCUT2D eigenvalue weighted by atomic mass is 32.2. The molecule has 0 aliphatic carbocycles. The molecule has 0 aliphatic heterocycles. The van der Waals surface area contributed by atoms with Crippen molar-refractivity contribution >= 4 is 55.2 Å². The fourth-order valence-corrected chi connectivity index (χ4v) is 3.96. The molecule has 0 aliphatic rings. The van der Waals surface area contributed by atoms with Crippen molar-refractivity contribution < 1.29 is 18.0 Å². The molecule has 0 fully saturated rings. The topological polar surface area (TPSA) is 117 Å². The number of benzene rings is 2. The number of aromatic nitrogens is 1. The number of sulfone groups is 1. The predicted octanol–water partition coefficient (Wildman–Crippen LogP) is 3.43. The Morgan fingerprint density at radius 2 is 1.67 bits per heavy atom. The second kappa shape index (κ2) is 9.06. The molecule has 0 saturated carbocycles. The normalized spacial score (nSPS) is 11.0. The summed E-state index contributed by atoms with van der Waals surface area (Å²) < 4.78 is 23.0. The summed E-state index contributed by atoms with van der Waals surface area (Å²) in [5, 5.41) is 10.9. The predicted molar refractivity (Wildman–Crippen MR) is 118 cm³/mol. The Labute approximate surface area is 178 Å². The maximum absolute atomic E-state index is 12.3. The van der Waals surface area contributed by atoms with Crippen LogP contribution in [0.15, 0.2) is 58.8 Å². The molecule has 0 saturated heterocycles. The molecule has 30 heavy (non-hydrogen) atoms. The molecule has 8 nitrogen and oxygen atoms in total. The summed E-state index contributed by atoms with van der Waals surface area (Å²) in [4.78, 5) is 28.1. The summed E-state index contributed by atoms with van der Waals surface area (Å²) in [5.41, 5.74) is 2.47. The van der Waals surface area contributed by atoms with Crippen LogP contribution in [0.1, 0.15) is 12.6 Å². The number of anilines is 4. The molecule has 3 N–H and O–H groups in total. The van der Waals surface area contributed by atoms with E-state index in [2.05, 4.69) is 20.9 Å². The summed E-state index contributed by atoms with van der Waals surface area (Å²) in [6.07, 6.45) is 1.25. The van der Waals surface area contributed by atoms with Crippen LogP contribution >= 0.6 is 11.3 Å². The molecule has 1 aromatic heterocycles. The van der Waals surface area contributed by atoms with E-state index in [0.29, 0.717) is 27.9 Å². The number of nitrogens with zero attached hydrogens (tertiary/aromatic N) is 1. The van der Waals surface area contributed by atoms with E-state index < -0.39 is 9.84 Å². The molecular formula is C20H20N4O4S2. The van der Waals surface area contributed by atoms with Gasteiger partial charge in [-0.3, -0.25) is 9.59 Å². The summed E-state index contributed by atoms with van der Waals surface area (Å²) in [7, 11) is -3.24. The van der Waals surface area contributed by atoms with Gasteiger partial charge >= 0.3 is 0 Å². The third kappa shape index (κ3) is 6.13. The fraction of sp³-hybridized carbons (Fsp3) is 0.150. The molecule has 2 amide bonds. The SMILES string of the molecule is CC(=O)Nc1cccc(NC(=O)Cc2csc(Nc3ccc(S(C)(=O)=O)cc3)n2)c1. The van der Waals surface area contributed by atoms with Crippen LogP contribution in [-0.4, -0.2) is 31.5 Å². The van der Waals surface area contributed by atoms with Crippen LogP contribution in [0.3, 0.4) is 0 Å². The van der Waals surface area contributed by atoms with E-state index >= 15 is 0 Å². The number of carbonyl (C=O) groups is 2. The van der Waals surface area contributed by atoms with Gasteiger partial charge in [-0.15, -0.1) is 11.3 Å². The zero-order valence-electron chi connectivity index (χ0n) is 16.3. The summed E-state index contributed by atoms with van der Waals surface area (Å²) in [6, 6.07) is 13.2. The first kappa shape index (κ1) is 21.5. The van der Waals surface area contributed by atoms with Crippen LogP contribution < -0.4 is 16.0 Å². The molecule has 0 bridgehead atoms. The zero-order chi connectivity index (χ0) is 21.7. The van der Waals surface area contributed by atoms with Crippen molar-refractivity contribution in [3.05, 3.63) is 59.6 Å². The van der Waals surface area contributed by atoms with Gasteiger partial charge in [-0.05, 0) is 42.5 Å². The van der Waals surface area contributed by atoms with Crippen LogP contribution in [0.5, 0.6) is 0 Å². The van der Waals surface area contributed by atoms with Crippen molar-refractivity contribution in [1.82, 2.24) is 4.98 Å². The minimum absolute atomic E-state index is 0.0928. The van der Waals surface area contributed by atoms with Gasteiger partial charge in [-0.25, -0.2) is 13.4 Å². The fourth-order valence-electron chi connectivity index (χ4n) is 2.60. The Morgan fingerprint density at radius 3 is 2.30 bits per heavy atom. The lowest BCUT2D eigenvalue weighted by Gasteiger charge is -2.07. The van der Waals surface area contributed by atoms with Gasteiger partial charge in [0.2, 0.25) is 11.8 Å². The Hall–Kier alpha value is -3.24. The molecule has 0 radical (unpaired) electrons. The van der Waals surface area contributed by atoms with E-state index in [0.717, 1.165) is 6.26 Å². The van der Waals surface area contributed by atoms with Gasteiger partial charge in [0, 0.05) is 35.6 Å². The number of rotatable bonds is 7. The summed E-state index contributed by atoms with van der Waals surface area (Å²) in [5.74, 6) is -0.420. The smallest absolute Gasteiger partial charge is 0.230 e. The summed E-state index contributed by atoms with van der Waals surface area (Å²) in [6.45, 7) is 1.42. The molecule has 0 atom stereocenters. The van der Waals surface area contributed by atoms with Crippen molar-refractivity contribution in [3.63, 3.8) is 0 Å². The average Bonchev–Trinajstić information content (AvgIpc) is 3.07. The Morgan fingerprint density at radius 1 is 1.00 bits per heavy atom. The van der Waals surface area contributed by atoms with E-state index in [9.17, 15) is 18.0 Å². The lowest BCUT2D eigenvalue weighted by Crippen LogP contribution is -2.15. The van der Waals surface area contributed by atoms with Crippen LogP contribution in [0.4, 0.5) is 22.2 Å². The number of hydrogen-bond acceptors (Lipinski definition) is 7. The average molecular weight is 445 g/mol. The highest BCUT2D eigenvalue weighted by molar-refractivity contribution is 7.90. The minimum Gasteiger partial charge on any atom is -0.332 e. The monoisotopic (exact) mass is 444 g/mol. The maximum atomic E-state index is 12.3. The molecule has 10 heteroatoms. The van der Waals surface area contributed by atoms with E-state index in [4.69, 9.17) is 0 Å². The Bertz CT molecular complexity index is 1170. The van der Waals surface area contributed by atoms with Gasteiger partial charge in [0.25, 0.3) is 0 Å². The van der Waals surface area contributed by atoms with Crippen LogP contribution in [-0.2, 0) is 25.8 Å². The van der Waals surface area contributed by atoms with E-state index in [1.807, 2.05) is 0 Å².